The normalized spacial score (nSPS) is 9.92. The average Bonchev–Trinajstić information content (AvgIpc) is 3.08. The lowest BCUT2D eigenvalue weighted by Crippen LogP contribution is -2.22. The van der Waals surface area contributed by atoms with Gasteiger partial charge < -0.3 is 14.5 Å². The molecule has 0 saturated heterocycles. The average molecular weight is 339 g/mol. The summed E-state index contributed by atoms with van der Waals surface area (Å²) in [6.45, 7) is 3.61. The molecule has 0 atom stereocenters. The molecule has 0 fully saturated rings. The number of nitrogens with zero attached hydrogens (tertiary/aromatic N) is 2. The molecular formula is C18H17N3O4. The molecule has 0 spiro atoms. The lowest BCUT2D eigenvalue weighted by Gasteiger charge is -2.00. The fourth-order valence-corrected chi connectivity index (χ4v) is 2.07. The van der Waals surface area contributed by atoms with E-state index < -0.39 is 5.97 Å². The summed E-state index contributed by atoms with van der Waals surface area (Å²) in [5.74, 6) is -0.706. The highest BCUT2D eigenvalue weighted by Crippen LogP contribution is 2.25. The van der Waals surface area contributed by atoms with Crippen LogP contribution in [0.2, 0.25) is 0 Å². The van der Waals surface area contributed by atoms with Gasteiger partial charge in [0.2, 0.25) is 17.6 Å². The number of ether oxygens (including phenoxy) is 1. The highest BCUT2D eigenvalue weighted by molar-refractivity contribution is 5.93. The fourth-order valence-electron chi connectivity index (χ4n) is 2.07. The van der Waals surface area contributed by atoms with E-state index in [0.29, 0.717) is 29.7 Å². The molecule has 0 unspecified atom stereocenters. The van der Waals surface area contributed by atoms with Gasteiger partial charge in [0.1, 0.15) is 5.69 Å². The Kier molecular flexibility index (Phi) is 6.07. The summed E-state index contributed by atoms with van der Waals surface area (Å²) in [4.78, 5) is 27.8. The molecule has 7 heteroatoms. The molecule has 0 bridgehead atoms. The van der Waals surface area contributed by atoms with Crippen molar-refractivity contribution in [3.8, 4) is 17.3 Å². The number of nitriles is 1. The number of allylic oxidation sites excluding steroid dienone is 1. The van der Waals surface area contributed by atoms with Crippen LogP contribution in [0.3, 0.4) is 0 Å². The predicted molar refractivity (Wildman–Crippen MR) is 89.3 cm³/mol. The molecule has 128 valence electrons. The Labute approximate surface area is 144 Å². The number of carbonyl (C=O) groups is 2. The van der Waals surface area contributed by atoms with Crippen molar-refractivity contribution in [2.75, 3.05) is 7.11 Å². The van der Waals surface area contributed by atoms with Crippen LogP contribution in [0.25, 0.3) is 11.3 Å². The lowest BCUT2D eigenvalue weighted by molar-refractivity contribution is -0.121. The predicted octanol–water partition coefficient (Wildman–Crippen LogP) is 2.58. The number of methoxy groups -OCH3 is 1. The van der Waals surface area contributed by atoms with Gasteiger partial charge in [0.15, 0.2) is 0 Å². The lowest BCUT2D eigenvalue weighted by atomic mass is 10.1. The van der Waals surface area contributed by atoms with Crippen molar-refractivity contribution < 1.29 is 18.7 Å². The van der Waals surface area contributed by atoms with Gasteiger partial charge in [-0.05, 0) is 18.6 Å². The molecule has 1 heterocycles. The zero-order valence-corrected chi connectivity index (χ0v) is 13.7. The summed E-state index contributed by atoms with van der Waals surface area (Å²) in [5, 5.41) is 11.5. The number of aromatic nitrogens is 1. The van der Waals surface area contributed by atoms with Crippen molar-refractivity contribution in [1.82, 2.24) is 10.3 Å². The van der Waals surface area contributed by atoms with Crippen LogP contribution in [0, 0.1) is 11.3 Å². The van der Waals surface area contributed by atoms with E-state index in [9.17, 15) is 9.59 Å². The van der Waals surface area contributed by atoms with Crippen LogP contribution in [0.5, 0.6) is 0 Å². The van der Waals surface area contributed by atoms with Gasteiger partial charge in [-0.15, -0.1) is 6.58 Å². The van der Waals surface area contributed by atoms with Crippen molar-refractivity contribution in [2.45, 2.75) is 19.4 Å². The van der Waals surface area contributed by atoms with Gasteiger partial charge in [0.05, 0.1) is 25.3 Å². The van der Waals surface area contributed by atoms with Gasteiger partial charge >= 0.3 is 5.97 Å². The van der Waals surface area contributed by atoms with Crippen molar-refractivity contribution in [1.29, 1.82) is 5.26 Å². The quantitative estimate of drug-likeness (QED) is 0.614. The summed E-state index contributed by atoms with van der Waals surface area (Å²) in [5.41, 5.74) is 1.39. The van der Waals surface area contributed by atoms with Crippen LogP contribution in [0.15, 0.2) is 41.3 Å². The third-order valence-electron chi connectivity index (χ3n) is 3.34. The minimum atomic E-state index is -0.670. The first kappa shape index (κ1) is 17.9. The van der Waals surface area contributed by atoms with Crippen molar-refractivity contribution in [3.63, 3.8) is 0 Å². The Hall–Kier alpha value is -3.40. The Bertz CT molecular complexity index is 816. The Balaban J connectivity index is 2.24. The van der Waals surface area contributed by atoms with Gasteiger partial charge in [-0.1, -0.05) is 18.2 Å². The van der Waals surface area contributed by atoms with Crippen LogP contribution in [0.1, 0.15) is 34.9 Å². The molecule has 1 aromatic heterocycles. The molecule has 0 saturated carbocycles. The first-order valence-corrected chi connectivity index (χ1v) is 7.55. The summed E-state index contributed by atoms with van der Waals surface area (Å²) >= 11 is 0. The summed E-state index contributed by atoms with van der Waals surface area (Å²) in [6, 6.07) is 8.57. The van der Waals surface area contributed by atoms with Gasteiger partial charge in [-0.3, -0.25) is 4.79 Å². The van der Waals surface area contributed by atoms with Gasteiger partial charge in [-0.25, -0.2) is 9.78 Å². The number of benzene rings is 1. The topological polar surface area (TPSA) is 105 Å². The number of esters is 1. The monoisotopic (exact) mass is 339 g/mol. The zero-order valence-electron chi connectivity index (χ0n) is 13.7. The molecule has 0 aliphatic carbocycles. The van der Waals surface area contributed by atoms with E-state index in [4.69, 9.17) is 14.4 Å². The molecule has 7 nitrogen and oxygen atoms in total. The molecule has 2 aromatic rings. The fraction of sp³-hybridized carbons (Fsp3) is 0.222. The van der Waals surface area contributed by atoms with E-state index in [2.05, 4.69) is 16.9 Å². The van der Waals surface area contributed by atoms with Crippen molar-refractivity contribution >= 4 is 11.9 Å². The van der Waals surface area contributed by atoms with Gasteiger partial charge in [0, 0.05) is 12.0 Å². The van der Waals surface area contributed by atoms with Crippen LogP contribution in [-0.4, -0.2) is 24.0 Å². The second kappa shape index (κ2) is 8.45. The van der Waals surface area contributed by atoms with Crippen molar-refractivity contribution in [2.24, 2.45) is 0 Å². The third-order valence-corrected chi connectivity index (χ3v) is 3.34. The van der Waals surface area contributed by atoms with Gasteiger partial charge in [0.25, 0.3) is 0 Å². The van der Waals surface area contributed by atoms with Crippen LogP contribution < -0.4 is 5.32 Å². The van der Waals surface area contributed by atoms with E-state index >= 15 is 0 Å². The molecular weight excluding hydrogens is 322 g/mol. The number of carbonyl (C=O) groups excluding carboxylic acids is 2. The first-order valence-electron chi connectivity index (χ1n) is 7.55. The number of hydrogen-bond donors (Lipinski definition) is 1. The van der Waals surface area contributed by atoms with Crippen LogP contribution >= 0.6 is 0 Å². The number of nitrogens with one attached hydrogen (secondary N) is 1. The van der Waals surface area contributed by atoms with Crippen LogP contribution in [0.4, 0.5) is 0 Å². The Morgan fingerprint density at radius 2 is 2.12 bits per heavy atom. The highest BCUT2D eigenvalue weighted by atomic mass is 16.5. The minimum absolute atomic E-state index is 0.0518. The second-order valence-corrected chi connectivity index (χ2v) is 5.07. The van der Waals surface area contributed by atoms with E-state index in [1.54, 1.807) is 30.3 Å². The molecule has 1 aromatic carbocycles. The summed E-state index contributed by atoms with van der Waals surface area (Å²) < 4.78 is 10.2. The largest absolute Gasteiger partial charge is 0.463 e. The maximum Gasteiger partial charge on any atom is 0.376 e. The highest BCUT2D eigenvalue weighted by Gasteiger charge is 2.22. The zero-order chi connectivity index (χ0) is 18.2. The number of amides is 1. The number of oxazole rings is 1. The van der Waals surface area contributed by atoms with Crippen molar-refractivity contribution in [3.05, 3.63) is 54.1 Å². The minimum Gasteiger partial charge on any atom is -0.463 e. The van der Waals surface area contributed by atoms with Crippen LogP contribution in [-0.2, 0) is 16.1 Å². The Morgan fingerprint density at radius 3 is 2.72 bits per heavy atom. The van der Waals surface area contributed by atoms with Gasteiger partial charge in [-0.2, -0.15) is 5.26 Å². The van der Waals surface area contributed by atoms with E-state index in [1.165, 1.54) is 7.11 Å². The standard InChI is InChI=1S/C18H17N3O4/c1-3-4-5-14(22)20-11-15-21-16(17(25-15)18(23)24-2)13-8-6-12(10-19)7-9-13/h3,6-9H,1,4-5,11H2,2H3,(H,20,22). The molecule has 0 radical (unpaired) electrons. The van der Waals surface area contributed by atoms with E-state index in [-0.39, 0.29) is 24.1 Å². The summed E-state index contributed by atoms with van der Waals surface area (Å²) in [6.07, 6.45) is 2.54. The molecule has 1 N–H and O–H groups in total. The smallest absolute Gasteiger partial charge is 0.376 e. The first-order chi connectivity index (χ1) is 12.1. The molecule has 1 amide bonds. The third kappa shape index (κ3) is 4.54. The number of hydrogen-bond acceptors (Lipinski definition) is 6. The molecule has 0 aliphatic rings. The number of rotatable bonds is 7. The maximum absolute atomic E-state index is 11.9. The molecule has 0 aliphatic heterocycles. The SMILES string of the molecule is C=CCCC(=O)NCc1nc(-c2ccc(C#N)cc2)c(C(=O)OC)o1. The Morgan fingerprint density at radius 1 is 1.40 bits per heavy atom. The van der Waals surface area contributed by atoms with E-state index in [1.807, 2.05) is 6.07 Å². The second-order valence-electron chi connectivity index (χ2n) is 5.07. The van der Waals surface area contributed by atoms with E-state index in [0.717, 1.165) is 0 Å². The molecule has 2 rings (SSSR count). The molecule has 25 heavy (non-hydrogen) atoms. The summed E-state index contributed by atoms with van der Waals surface area (Å²) in [7, 11) is 1.24. The maximum atomic E-state index is 11.9.